The number of carbonyl (C=O) groups excluding carboxylic acids is 1. The zero-order valence-electron chi connectivity index (χ0n) is 12.0. The van der Waals surface area contributed by atoms with Crippen molar-refractivity contribution in [3.63, 3.8) is 0 Å². The molecule has 0 fully saturated rings. The summed E-state index contributed by atoms with van der Waals surface area (Å²) in [7, 11) is 1.64. The van der Waals surface area contributed by atoms with E-state index in [2.05, 4.69) is 36.7 Å². The van der Waals surface area contributed by atoms with E-state index < -0.39 is 0 Å². The van der Waals surface area contributed by atoms with Crippen LogP contribution in [0.1, 0.15) is 47.0 Å². The van der Waals surface area contributed by atoms with Crippen molar-refractivity contribution < 1.29 is 9.53 Å². The molecule has 0 bridgehead atoms. The lowest BCUT2D eigenvalue weighted by atomic mass is 9.75. The number of hydrogen-bond acceptors (Lipinski definition) is 2. The molecule has 1 unspecified atom stereocenters. The first-order valence-corrected chi connectivity index (χ1v) is 7.58. The Morgan fingerprint density at radius 2 is 2.17 bits per heavy atom. The average molecular weight is 318 g/mol. The third-order valence-electron chi connectivity index (χ3n) is 4.04. The van der Waals surface area contributed by atoms with E-state index in [1.165, 1.54) is 12.0 Å². The molecular weight excluding hydrogens is 294 g/mol. The van der Waals surface area contributed by atoms with E-state index in [0.717, 1.165) is 18.5 Å². The van der Waals surface area contributed by atoms with E-state index in [4.69, 9.17) is 4.74 Å². The number of nitrogens with zero attached hydrogens (tertiary/aromatic N) is 1. The minimum absolute atomic E-state index is 0.0661. The van der Waals surface area contributed by atoms with Gasteiger partial charge in [0.15, 0.2) is 0 Å². The average Bonchev–Trinajstić information content (AvgIpc) is 2.34. The highest BCUT2D eigenvalue weighted by Crippen LogP contribution is 2.41. The molecule has 18 heavy (non-hydrogen) atoms. The topological polar surface area (TPSA) is 29.5 Å². The van der Waals surface area contributed by atoms with Gasteiger partial charge in [-0.05, 0) is 44.1 Å². The van der Waals surface area contributed by atoms with Crippen LogP contribution in [0.3, 0.4) is 0 Å². The molecule has 1 atom stereocenters. The molecule has 0 aliphatic heterocycles. The number of carbonyl (C=O) groups is 1. The molecule has 1 amide bonds. The summed E-state index contributed by atoms with van der Waals surface area (Å²) in [5.41, 5.74) is 2.63. The Balaban J connectivity index is 3.16. The van der Waals surface area contributed by atoms with E-state index in [1.54, 1.807) is 7.11 Å². The lowest BCUT2D eigenvalue weighted by Crippen LogP contribution is -2.42. The van der Waals surface area contributed by atoms with Crippen LogP contribution in [0, 0.1) is 5.41 Å². The number of halogens is 1. The number of rotatable bonds is 4. The summed E-state index contributed by atoms with van der Waals surface area (Å²) in [5.74, 6) is 0.0661. The van der Waals surface area contributed by atoms with Gasteiger partial charge in [0.2, 0.25) is 5.91 Å². The molecule has 0 radical (unpaired) electrons. The summed E-state index contributed by atoms with van der Waals surface area (Å²) < 4.78 is 5.36. The molecule has 1 aliphatic rings. The standard InChI is InChI=1S/C14H24BrNO2/c1-10-12(7-6-8-14(10,3)4)16(11(2)18-5)13(17)9-15/h11H,6-9H2,1-5H3. The Kier molecular flexibility index (Phi) is 5.41. The van der Waals surface area contributed by atoms with Gasteiger partial charge in [0.25, 0.3) is 0 Å². The molecule has 0 aromatic heterocycles. The van der Waals surface area contributed by atoms with Gasteiger partial charge in [-0.25, -0.2) is 0 Å². The van der Waals surface area contributed by atoms with Crippen molar-refractivity contribution in [2.24, 2.45) is 5.41 Å². The molecule has 0 aromatic rings. The molecule has 0 aromatic carbocycles. The van der Waals surface area contributed by atoms with Crippen LogP contribution in [-0.2, 0) is 9.53 Å². The van der Waals surface area contributed by atoms with Crippen molar-refractivity contribution >= 4 is 21.8 Å². The zero-order valence-corrected chi connectivity index (χ0v) is 13.6. The van der Waals surface area contributed by atoms with Gasteiger partial charge in [0.05, 0.1) is 5.33 Å². The fraction of sp³-hybridized carbons (Fsp3) is 0.786. The predicted octanol–water partition coefficient (Wildman–Crippen LogP) is 3.69. The maximum Gasteiger partial charge on any atom is 0.239 e. The summed E-state index contributed by atoms with van der Waals surface area (Å²) in [6.07, 6.45) is 3.05. The monoisotopic (exact) mass is 317 g/mol. The van der Waals surface area contributed by atoms with E-state index in [1.807, 2.05) is 11.8 Å². The maximum absolute atomic E-state index is 12.1. The van der Waals surface area contributed by atoms with Crippen LogP contribution in [0.15, 0.2) is 11.3 Å². The third-order valence-corrected chi connectivity index (χ3v) is 4.52. The summed E-state index contributed by atoms with van der Waals surface area (Å²) in [6.45, 7) is 8.55. The van der Waals surface area contributed by atoms with Gasteiger partial charge in [-0.2, -0.15) is 0 Å². The van der Waals surface area contributed by atoms with Gasteiger partial charge >= 0.3 is 0 Å². The fourth-order valence-corrected chi connectivity index (χ4v) is 2.78. The van der Waals surface area contributed by atoms with Crippen molar-refractivity contribution in [3.05, 3.63) is 11.3 Å². The Hall–Kier alpha value is -0.350. The first-order chi connectivity index (χ1) is 8.35. The van der Waals surface area contributed by atoms with E-state index in [0.29, 0.717) is 5.33 Å². The highest BCUT2D eigenvalue weighted by Gasteiger charge is 2.32. The van der Waals surface area contributed by atoms with Gasteiger partial charge in [0.1, 0.15) is 6.23 Å². The van der Waals surface area contributed by atoms with E-state index in [9.17, 15) is 4.79 Å². The first-order valence-electron chi connectivity index (χ1n) is 6.46. The summed E-state index contributed by atoms with van der Waals surface area (Å²) in [5, 5.41) is 0.331. The first kappa shape index (κ1) is 15.7. The maximum atomic E-state index is 12.1. The predicted molar refractivity (Wildman–Crippen MR) is 77.4 cm³/mol. The molecule has 1 aliphatic carbocycles. The molecule has 0 spiro atoms. The highest BCUT2D eigenvalue weighted by molar-refractivity contribution is 9.09. The second-order valence-electron chi connectivity index (χ2n) is 5.54. The fourth-order valence-electron chi connectivity index (χ4n) is 2.51. The van der Waals surface area contributed by atoms with Crippen molar-refractivity contribution in [3.8, 4) is 0 Å². The number of alkyl halides is 1. The molecule has 104 valence electrons. The number of hydrogen-bond donors (Lipinski definition) is 0. The van der Waals surface area contributed by atoms with Crippen LogP contribution in [0.5, 0.6) is 0 Å². The van der Waals surface area contributed by atoms with Gasteiger partial charge in [-0.3, -0.25) is 9.69 Å². The van der Waals surface area contributed by atoms with Gasteiger partial charge < -0.3 is 4.74 Å². The van der Waals surface area contributed by atoms with E-state index in [-0.39, 0.29) is 17.6 Å². The number of amides is 1. The Morgan fingerprint density at radius 3 is 2.67 bits per heavy atom. The van der Waals surface area contributed by atoms with Gasteiger partial charge in [-0.15, -0.1) is 0 Å². The summed E-state index contributed by atoms with van der Waals surface area (Å²) >= 11 is 3.26. The van der Waals surface area contributed by atoms with Crippen LogP contribution in [0.25, 0.3) is 0 Å². The number of allylic oxidation sites excluding steroid dienone is 2. The lowest BCUT2D eigenvalue weighted by molar-refractivity contribution is -0.136. The Bertz CT molecular complexity index is 350. The minimum Gasteiger partial charge on any atom is -0.361 e. The van der Waals surface area contributed by atoms with Gasteiger partial charge in [0, 0.05) is 12.8 Å². The second kappa shape index (κ2) is 6.20. The van der Waals surface area contributed by atoms with Crippen molar-refractivity contribution in [1.29, 1.82) is 0 Å². The Labute approximate surface area is 119 Å². The zero-order chi connectivity index (χ0) is 13.9. The molecular formula is C14H24BrNO2. The third kappa shape index (κ3) is 3.15. The highest BCUT2D eigenvalue weighted by atomic mass is 79.9. The van der Waals surface area contributed by atoms with Crippen LogP contribution in [0.4, 0.5) is 0 Å². The summed E-state index contributed by atoms with van der Waals surface area (Å²) in [4.78, 5) is 13.9. The van der Waals surface area contributed by atoms with Crippen LogP contribution in [-0.4, -0.2) is 29.5 Å². The Morgan fingerprint density at radius 1 is 1.56 bits per heavy atom. The lowest BCUT2D eigenvalue weighted by Gasteiger charge is -2.39. The van der Waals surface area contributed by atoms with Gasteiger partial charge in [-0.1, -0.05) is 29.8 Å². The second-order valence-corrected chi connectivity index (χ2v) is 6.10. The van der Waals surface area contributed by atoms with E-state index >= 15 is 0 Å². The number of methoxy groups -OCH3 is 1. The smallest absolute Gasteiger partial charge is 0.239 e. The molecule has 1 rings (SSSR count). The largest absolute Gasteiger partial charge is 0.361 e. The quantitative estimate of drug-likeness (QED) is 0.584. The normalized spacial score (nSPS) is 20.8. The number of ether oxygens (including phenoxy) is 1. The van der Waals surface area contributed by atoms with Crippen LogP contribution < -0.4 is 0 Å². The molecule has 0 saturated carbocycles. The van der Waals surface area contributed by atoms with Crippen molar-refractivity contribution in [1.82, 2.24) is 4.90 Å². The SMILES string of the molecule is COC(C)N(C(=O)CBr)C1=C(C)C(C)(C)CCC1. The molecule has 4 heteroatoms. The van der Waals surface area contributed by atoms with Crippen molar-refractivity contribution in [2.45, 2.75) is 53.2 Å². The molecule has 0 N–H and O–H groups in total. The van der Waals surface area contributed by atoms with Crippen molar-refractivity contribution in [2.75, 3.05) is 12.4 Å². The van der Waals surface area contributed by atoms with Crippen LogP contribution in [0.2, 0.25) is 0 Å². The summed E-state index contributed by atoms with van der Waals surface area (Å²) in [6, 6.07) is 0. The molecule has 3 nitrogen and oxygen atoms in total. The molecule has 0 saturated heterocycles. The minimum atomic E-state index is -0.214. The molecule has 0 heterocycles. The van der Waals surface area contributed by atoms with Crippen LogP contribution >= 0.6 is 15.9 Å².